The Hall–Kier alpha value is -1.21. The van der Waals surface area contributed by atoms with Gasteiger partial charge in [-0.2, -0.15) is 0 Å². The lowest BCUT2D eigenvalue weighted by atomic mass is 10.3. The maximum Gasteiger partial charge on any atom is 0.145 e. The lowest BCUT2D eigenvalue weighted by molar-refractivity contribution is 0.404. The summed E-state index contributed by atoms with van der Waals surface area (Å²) in [6.07, 6.45) is 0. The first kappa shape index (κ1) is 14.2. The molecule has 0 unspecified atom stereocenters. The van der Waals surface area contributed by atoms with Gasteiger partial charge >= 0.3 is 0 Å². The molecule has 0 saturated heterocycles. The normalized spacial score (nSPS) is 12.4. The third-order valence-corrected chi connectivity index (χ3v) is 4.64. The highest BCUT2D eigenvalue weighted by molar-refractivity contribution is 9.10. The molecule has 2 aromatic rings. The number of ether oxygens (including phenoxy) is 1. The number of hydrogen-bond donors (Lipinski definition) is 0. The summed E-state index contributed by atoms with van der Waals surface area (Å²) in [5.41, 5.74) is 0. The van der Waals surface area contributed by atoms with E-state index < -0.39 is 10.8 Å². The molecule has 19 heavy (non-hydrogen) atoms. The van der Waals surface area contributed by atoms with Gasteiger partial charge in [0.15, 0.2) is 0 Å². The minimum atomic E-state index is -1.23. The monoisotopic (exact) mass is 343 g/mol. The van der Waals surface area contributed by atoms with Crippen molar-refractivity contribution in [1.82, 2.24) is 14.8 Å². The maximum atomic E-state index is 12.4. The Kier molecular flexibility index (Phi) is 4.36. The molecular weight excluding hydrogens is 330 g/mol. The van der Waals surface area contributed by atoms with Crippen LogP contribution in [0.4, 0.5) is 0 Å². The van der Waals surface area contributed by atoms with Crippen LogP contribution in [-0.4, -0.2) is 26.1 Å². The first-order valence-electron chi connectivity index (χ1n) is 5.59. The van der Waals surface area contributed by atoms with Gasteiger partial charge in [0, 0.05) is 11.5 Å². The molecule has 0 radical (unpaired) electrons. The number of rotatable bonds is 4. The molecule has 1 aromatic carbocycles. The Morgan fingerprint density at radius 1 is 1.42 bits per heavy atom. The van der Waals surface area contributed by atoms with Crippen LogP contribution in [0.25, 0.3) is 0 Å². The van der Waals surface area contributed by atoms with E-state index in [1.165, 1.54) is 0 Å². The van der Waals surface area contributed by atoms with Crippen LogP contribution < -0.4 is 4.74 Å². The van der Waals surface area contributed by atoms with E-state index in [4.69, 9.17) is 4.74 Å². The zero-order valence-electron chi connectivity index (χ0n) is 10.9. The predicted molar refractivity (Wildman–Crippen MR) is 76.5 cm³/mol. The summed E-state index contributed by atoms with van der Waals surface area (Å²) in [7, 11) is 2.20. The first-order valence-corrected chi connectivity index (χ1v) is 7.71. The van der Waals surface area contributed by atoms with Crippen molar-refractivity contribution < 1.29 is 8.95 Å². The number of nitrogens with zero attached hydrogens (tertiary/aromatic N) is 3. The summed E-state index contributed by atoms with van der Waals surface area (Å²) < 4.78 is 20.4. The summed E-state index contributed by atoms with van der Waals surface area (Å²) in [5, 5.41) is 7.99. The fraction of sp³-hybridized carbons (Fsp3) is 0.333. The molecule has 2 rings (SSSR count). The SMILES string of the molecule is COc1ccc(Br)cc1[S@](=O)Cc1nnc(C)n1C. The molecule has 0 N–H and O–H groups in total. The van der Waals surface area contributed by atoms with Crippen LogP contribution in [0.1, 0.15) is 11.6 Å². The molecule has 102 valence electrons. The van der Waals surface area contributed by atoms with E-state index in [-0.39, 0.29) is 0 Å². The molecule has 5 nitrogen and oxygen atoms in total. The van der Waals surface area contributed by atoms with Crippen LogP contribution in [0.2, 0.25) is 0 Å². The van der Waals surface area contributed by atoms with Crippen molar-refractivity contribution in [1.29, 1.82) is 0 Å². The summed E-state index contributed by atoms with van der Waals surface area (Å²) in [5.74, 6) is 2.41. The van der Waals surface area contributed by atoms with Crippen LogP contribution >= 0.6 is 15.9 Å². The highest BCUT2D eigenvalue weighted by Gasteiger charge is 2.15. The molecule has 0 aliphatic carbocycles. The van der Waals surface area contributed by atoms with Crippen molar-refractivity contribution in [2.75, 3.05) is 7.11 Å². The second-order valence-electron chi connectivity index (χ2n) is 4.01. The van der Waals surface area contributed by atoms with Gasteiger partial charge in [-0.3, -0.25) is 4.21 Å². The number of benzene rings is 1. The smallest absolute Gasteiger partial charge is 0.145 e. The standard InChI is InChI=1S/C12H14BrN3O2S/c1-8-14-15-12(16(8)2)7-19(17)11-6-9(13)4-5-10(11)18-3/h4-6H,7H2,1-3H3/t19-/m1/s1. The Morgan fingerprint density at radius 3 is 2.74 bits per heavy atom. The molecule has 1 atom stereocenters. The van der Waals surface area contributed by atoms with Gasteiger partial charge in [0.2, 0.25) is 0 Å². The Labute approximate surface area is 122 Å². The molecule has 0 amide bonds. The molecule has 1 heterocycles. The number of halogens is 1. The van der Waals surface area contributed by atoms with Gasteiger partial charge in [-0.15, -0.1) is 10.2 Å². The Morgan fingerprint density at radius 2 is 2.16 bits per heavy atom. The van der Waals surface area contributed by atoms with Crippen molar-refractivity contribution in [3.8, 4) is 5.75 Å². The second kappa shape index (κ2) is 5.83. The zero-order valence-corrected chi connectivity index (χ0v) is 13.3. The second-order valence-corrected chi connectivity index (χ2v) is 6.34. The van der Waals surface area contributed by atoms with E-state index in [2.05, 4.69) is 26.1 Å². The molecule has 0 aliphatic rings. The molecule has 0 bridgehead atoms. The van der Waals surface area contributed by atoms with Crippen LogP contribution in [0.5, 0.6) is 5.75 Å². The van der Waals surface area contributed by atoms with Crippen molar-refractivity contribution in [3.63, 3.8) is 0 Å². The van der Waals surface area contributed by atoms with E-state index in [0.717, 1.165) is 10.3 Å². The highest BCUT2D eigenvalue weighted by atomic mass is 79.9. The minimum absolute atomic E-state index is 0.310. The Bertz CT molecular complexity index is 627. The average Bonchev–Trinajstić information content (AvgIpc) is 2.70. The van der Waals surface area contributed by atoms with Gasteiger partial charge in [0.1, 0.15) is 17.4 Å². The molecule has 0 fully saturated rings. The fourth-order valence-electron chi connectivity index (χ4n) is 1.60. The fourth-order valence-corrected chi connectivity index (χ4v) is 3.39. The summed E-state index contributed by atoms with van der Waals surface area (Å²) in [6.45, 7) is 1.86. The van der Waals surface area contributed by atoms with Crippen molar-refractivity contribution >= 4 is 26.7 Å². The summed E-state index contributed by atoms with van der Waals surface area (Å²) >= 11 is 3.37. The number of aryl methyl sites for hydroxylation is 1. The summed E-state index contributed by atoms with van der Waals surface area (Å²) in [6, 6.07) is 5.45. The van der Waals surface area contributed by atoms with Crippen molar-refractivity contribution in [2.24, 2.45) is 7.05 Å². The van der Waals surface area contributed by atoms with Gasteiger partial charge in [-0.1, -0.05) is 15.9 Å². The largest absolute Gasteiger partial charge is 0.495 e. The van der Waals surface area contributed by atoms with E-state index >= 15 is 0 Å². The molecule has 0 saturated carbocycles. The first-order chi connectivity index (χ1) is 9.02. The van der Waals surface area contributed by atoms with Gasteiger partial charge in [-0.25, -0.2) is 0 Å². The van der Waals surface area contributed by atoms with E-state index in [0.29, 0.717) is 22.2 Å². The molecular formula is C12H14BrN3O2S. The predicted octanol–water partition coefficient (Wildman–Crippen LogP) is 2.20. The highest BCUT2D eigenvalue weighted by Crippen LogP contribution is 2.27. The molecule has 0 spiro atoms. The van der Waals surface area contributed by atoms with Gasteiger partial charge in [0.05, 0.1) is 28.6 Å². The lowest BCUT2D eigenvalue weighted by Crippen LogP contribution is -2.05. The van der Waals surface area contributed by atoms with Gasteiger partial charge < -0.3 is 9.30 Å². The molecule has 1 aromatic heterocycles. The Balaban J connectivity index is 2.30. The minimum Gasteiger partial charge on any atom is -0.495 e. The summed E-state index contributed by atoms with van der Waals surface area (Å²) in [4.78, 5) is 0.650. The quantitative estimate of drug-likeness (QED) is 0.853. The van der Waals surface area contributed by atoms with Crippen LogP contribution in [0.3, 0.4) is 0 Å². The van der Waals surface area contributed by atoms with E-state index in [1.54, 1.807) is 19.2 Å². The topological polar surface area (TPSA) is 57.0 Å². The number of methoxy groups -OCH3 is 1. The van der Waals surface area contributed by atoms with Crippen LogP contribution in [0, 0.1) is 6.92 Å². The van der Waals surface area contributed by atoms with Gasteiger partial charge in [-0.05, 0) is 25.1 Å². The lowest BCUT2D eigenvalue weighted by Gasteiger charge is -2.08. The van der Waals surface area contributed by atoms with E-state index in [1.807, 2.05) is 24.6 Å². The van der Waals surface area contributed by atoms with Crippen LogP contribution in [0.15, 0.2) is 27.6 Å². The third-order valence-electron chi connectivity index (χ3n) is 2.81. The van der Waals surface area contributed by atoms with E-state index in [9.17, 15) is 4.21 Å². The zero-order chi connectivity index (χ0) is 14.0. The molecule has 7 heteroatoms. The van der Waals surface area contributed by atoms with Gasteiger partial charge in [0.25, 0.3) is 0 Å². The number of hydrogen-bond acceptors (Lipinski definition) is 4. The van der Waals surface area contributed by atoms with Crippen molar-refractivity contribution in [2.45, 2.75) is 17.6 Å². The number of aromatic nitrogens is 3. The average molecular weight is 344 g/mol. The maximum absolute atomic E-state index is 12.4. The third kappa shape index (κ3) is 3.03. The van der Waals surface area contributed by atoms with Crippen molar-refractivity contribution in [3.05, 3.63) is 34.3 Å². The van der Waals surface area contributed by atoms with Crippen LogP contribution in [-0.2, 0) is 23.6 Å². The molecule has 0 aliphatic heterocycles.